The Morgan fingerprint density at radius 2 is 1.34 bits per heavy atom. The molecule has 2 rings (SSSR count). The fraction of sp³-hybridized carbons (Fsp3) is 0.375. The topological polar surface area (TPSA) is 97.4 Å². The first kappa shape index (κ1) is 24.7. The average Bonchev–Trinajstić information content (AvgIpc) is 2.75. The third kappa shape index (κ3) is 6.73. The van der Waals surface area contributed by atoms with Crippen molar-refractivity contribution >= 4 is 17.9 Å². The van der Waals surface area contributed by atoms with E-state index in [1.54, 1.807) is 12.1 Å². The van der Waals surface area contributed by atoms with E-state index in [2.05, 4.69) is 0 Å². The molecule has 0 bridgehead atoms. The smallest absolute Gasteiger partial charge is 0.338 e. The van der Waals surface area contributed by atoms with E-state index in [1.807, 2.05) is 32.0 Å². The van der Waals surface area contributed by atoms with Crippen molar-refractivity contribution in [1.29, 1.82) is 0 Å². The summed E-state index contributed by atoms with van der Waals surface area (Å²) in [5.41, 5.74) is 3.84. The maximum Gasteiger partial charge on any atom is 0.338 e. The molecule has 0 saturated carbocycles. The number of hydrogen-bond acceptors (Lipinski definition) is 8. The highest BCUT2D eigenvalue weighted by Gasteiger charge is 2.17. The van der Waals surface area contributed by atoms with Crippen molar-refractivity contribution in [3.8, 4) is 22.6 Å². The van der Waals surface area contributed by atoms with Gasteiger partial charge in [0.25, 0.3) is 0 Å². The van der Waals surface area contributed by atoms with E-state index < -0.39 is 11.9 Å². The second-order valence-corrected chi connectivity index (χ2v) is 6.96. The minimum Gasteiger partial charge on any atom is -0.486 e. The number of benzene rings is 2. The molecule has 0 aliphatic carbocycles. The monoisotopic (exact) mass is 444 g/mol. The first-order valence-electron chi connectivity index (χ1n) is 10.1. The lowest BCUT2D eigenvalue weighted by Crippen LogP contribution is -2.12. The summed E-state index contributed by atoms with van der Waals surface area (Å²) in [7, 11) is 1.34. The van der Waals surface area contributed by atoms with E-state index in [1.165, 1.54) is 21.0 Å². The highest BCUT2D eigenvalue weighted by molar-refractivity contribution is 5.93. The van der Waals surface area contributed by atoms with Gasteiger partial charge in [0.15, 0.2) is 11.5 Å². The van der Waals surface area contributed by atoms with E-state index in [9.17, 15) is 14.4 Å². The Morgan fingerprint density at radius 3 is 1.88 bits per heavy atom. The van der Waals surface area contributed by atoms with Crippen molar-refractivity contribution in [3.63, 3.8) is 0 Å². The first-order chi connectivity index (χ1) is 15.2. The van der Waals surface area contributed by atoms with Crippen molar-refractivity contribution in [2.75, 3.05) is 33.5 Å². The number of hydrogen-bond donors (Lipinski definition) is 0. The van der Waals surface area contributed by atoms with Crippen LogP contribution in [0.3, 0.4) is 0 Å². The zero-order chi connectivity index (χ0) is 23.7. The molecule has 32 heavy (non-hydrogen) atoms. The summed E-state index contributed by atoms with van der Waals surface area (Å²) in [6, 6.07) is 9.04. The molecular formula is C24H28O8. The summed E-state index contributed by atoms with van der Waals surface area (Å²) < 4.78 is 26.3. The van der Waals surface area contributed by atoms with Gasteiger partial charge >= 0.3 is 17.9 Å². The molecule has 172 valence electrons. The van der Waals surface area contributed by atoms with Crippen LogP contribution >= 0.6 is 0 Å². The van der Waals surface area contributed by atoms with E-state index in [0.717, 1.165) is 22.3 Å². The number of esters is 3. The summed E-state index contributed by atoms with van der Waals surface area (Å²) in [6.07, 6.45) is 0. The second-order valence-electron chi connectivity index (χ2n) is 6.96. The quantitative estimate of drug-likeness (QED) is 0.311. The molecule has 0 atom stereocenters. The number of methoxy groups -OCH3 is 1. The molecule has 2 aromatic rings. The minimum atomic E-state index is -0.412. The molecule has 0 radical (unpaired) electrons. The van der Waals surface area contributed by atoms with Gasteiger partial charge in [-0.1, -0.05) is 12.1 Å². The van der Waals surface area contributed by atoms with Crippen LogP contribution in [0.25, 0.3) is 11.1 Å². The van der Waals surface area contributed by atoms with Crippen molar-refractivity contribution in [3.05, 3.63) is 47.0 Å². The van der Waals surface area contributed by atoms with Crippen molar-refractivity contribution < 1.29 is 38.1 Å². The van der Waals surface area contributed by atoms with Crippen LogP contribution in [0.4, 0.5) is 0 Å². The number of aryl methyl sites for hydroxylation is 1. The van der Waals surface area contributed by atoms with Gasteiger partial charge in [0.2, 0.25) is 0 Å². The Hall–Kier alpha value is -3.55. The van der Waals surface area contributed by atoms with Gasteiger partial charge in [0, 0.05) is 13.8 Å². The summed E-state index contributed by atoms with van der Waals surface area (Å²) >= 11 is 0. The second kappa shape index (κ2) is 11.7. The van der Waals surface area contributed by atoms with E-state index >= 15 is 0 Å². The van der Waals surface area contributed by atoms with Gasteiger partial charge < -0.3 is 23.7 Å². The number of carbonyl (C=O) groups excluding carboxylic acids is 3. The van der Waals surface area contributed by atoms with E-state index in [0.29, 0.717) is 17.1 Å². The highest BCUT2D eigenvalue weighted by Crippen LogP contribution is 2.37. The van der Waals surface area contributed by atoms with Crippen molar-refractivity contribution in [2.24, 2.45) is 0 Å². The van der Waals surface area contributed by atoms with Crippen LogP contribution in [-0.2, 0) is 23.8 Å². The van der Waals surface area contributed by atoms with Gasteiger partial charge in [-0.25, -0.2) is 4.79 Å². The normalized spacial score (nSPS) is 10.3. The molecule has 0 fully saturated rings. The molecule has 0 aliphatic rings. The summed E-state index contributed by atoms with van der Waals surface area (Å²) in [5.74, 6) is -0.304. The Morgan fingerprint density at radius 1 is 0.781 bits per heavy atom. The lowest BCUT2D eigenvalue weighted by molar-refractivity contribution is -0.142. The fourth-order valence-electron chi connectivity index (χ4n) is 3.11. The lowest BCUT2D eigenvalue weighted by Gasteiger charge is -2.18. The van der Waals surface area contributed by atoms with Crippen LogP contribution in [0.2, 0.25) is 0 Å². The van der Waals surface area contributed by atoms with Crippen LogP contribution in [0, 0.1) is 13.8 Å². The molecular weight excluding hydrogens is 416 g/mol. The highest BCUT2D eigenvalue weighted by atomic mass is 16.6. The summed E-state index contributed by atoms with van der Waals surface area (Å²) in [5, 5.41) is 0. The fourth-order valence-corrected chi connectivity index (χ4v) is 3.11. The molecule has 8 heteroatoms. The largest absolute Gasteiger partial charge is 0.486 e. The molecule has 0 amide bonds. The number of rotatable bonds is 10. The molecule has 0 N–H and O–H groups in total. The zero-order valence-corrected chi connectivity index (χ0v) is 19.0. The van der Waals surface area contributed by atoms with Gasteiger partial charge in [-0.2, -0.15) is 0 Å². The number of ether oxygens (including phenoxy) is 5. The molecule has 0 saturated heterocycles. The molecule has 0 aliphatic heterocycles. The maximum atomic E-state index is 12.1. The lowest BCUT2D eigenvalue weighted by atomic mass is 9.93. The van der Waals surface area contributed by atoms with E-state index in [-0.39, 0.29) is 32.4 Å². The van der Waals surface area contributed by atoms with Crippen LogP contribution in [-0.4, -0.2) is 51.4 Å². The van der Waals surface area contributed by atoms with Gasteiger partial charge in [-0.15, -0.1) is 0 Å². The molecule has 2 aromatic carbocycles. The zero-order valence-electron chi connectivity index (χ0n) is 19.0. The van der Waals surface area contributed by atoms with Crippen LogP contribution < -0.4 is 9.47 Å². The predicted octanol–water partition coefficient (Wildman–Crippen LogP) is 3.64. The number of carbonyl (C=O) groups is 3. The molecule has 0 spiro atoms. The minimum absolute atomic E-state index is 0.0856. The predicted molar refractivity (Wildman–Crippen MR) is 117 cm³/mol. The van der Waals surface area contributed by atoms with Crippen molar-refractivity contribution in [1.82, 2.24) is 0 Å². The summed E-state index contributed by atoms with van der Waals surface area (Å²) in [4.78, 5) is 34.1. The average molecular weight is 444 g/mol. The standard InChI is InChI=1S/C24H28O8/c1-15-13-22(31-11-9-29-17(3)25)23(32-12-10-30-18(4)26)14-21(15)19-7-6-8-20(16(19)2)24(27)28-5/h6-8,13-14H,9-12H2,1-5H3. The molecule has 8 nitrogen and oxygen atoms in total. The molecule has 0 aromatic heterocycles. The first-order valence-corrected chi connectivity index (χ1v) is 10.1. The SMILES string of the molecule is COC(=O)c1cccc(-c2cc(OCCOC(C)=O)c(OCCOC(C)=O)cc2C)c1C. The van der Waals surface area contributed by atoms with Gasteiger partial charge in [0.1, 0.15) is 26.4 Å². The van der Waals surface area contributed by atoms with Crippen LogP contribution in [0.15, 0.2) is 30.3 Å². The molecule has 0 unspecified atom stereocenters. The maximum absolute atomic E-state index is 12.1. The Balaban J connectivity index is 2.37. The Bertz CT molecular complexity index is 980. The van der Waals surface area contributed by atoms with Gasteiger partial charge in [-0.3, -0.25) is 9.59 Å². The summed E-state index contributed by atoms with van der Waals surface area (Å²) in [6.45, 7) is 6.88. The third-order valence-electron chi connectivity index (χ3n) is 4.61. The van der Waals surface area contributed by atoms with Crippen molar-refractivity contribution in [2.45, 2.75) is 27.7 Å². The Labute approximate surface area is 187 Å². The van der Waals surface area contributed by atoms with Crippen LogP contribution in [0.1, 0.15) is 35.3 Å². The Kier molecular flexibility index (Phi) is 9.07. The van der Waals surface area contributed by atoms with Crippen LogP contribution in [0.5, 0.6) is 11.5 Å². The third-order valence-corrected chi connectivity index (χ3v) is 4.61. The van der Waals surface area contributed by atoms with Gasteiger partial charge in [0.05, 0.1) is 12.7 Å². The molecule has 0 heterocycles. The van der Waals surface area contributed by atoms with E-state index in [4.69, 9.17) is 23.7 Å². The van der Waals surface area contributed by atoms with Gasteiger partial charge in [-0.05, 0) is 54.3 Å².